The van der Waals surface area contributed by atoms with Crippen LogP contribution in [0.3, 0.4) is 0 Å². The SMILES string of the molecule is CC(C)(C)OC(=O)NN(C=O)c1ccccc1F. The highest BCUT2D eigenvalue weighted by molar-refractivity contribution is 5.81. The topological polar surface area (TPSA) is 58.6 Å². The van der Waals surface area contributed by atoms with Crippen LogP contribution < -0.4 is 10.4 Å². The first kappa shape index (κ1) is 14.0. The van der Waals surface area contributed by atoms with Gasteiger partial charge in [0.05, 0.1) is 0 Å². The minimum absolute atomic E-state index is 0.0571. The smallest absolute Gasteiger partial charge is 0.427 e. The molecule has 98 valence electrons. The number of nitrogens with one attached hydrogen (secondary N) is 1. The highest BCUT2D eigenvalue weighted by Crippen LogP contribution is 2.16. The van der Waals surface area contributed by atoms with E-state index in [0.717, 1.165) is 5.01 Å². The Morgan fingerprint density at radius 3 is 2.50 bits per heavy atom. The van der Waals surface area contributed by atoms with Crippen LogP contribution in [0.1, 0.15) is 20.8 Å². The summed E-state index contributed by atoms with van der Waals surface area (Å²) in [6.07, 6.45) is -0.541. The molecule has 0 saturated carbocycles. The first-order chi connectivity index (χ1) is 8.33. The van der Waals surface area contributed by atoms with Gasteiger partial charge in [-0.2, -0.15) is 0 Å². The van der Waals surface area contributed by atoms with Crippen molar-refractivity contribution in [1.82, 2.24) is 5.43 Å². The van der Waals surface area contributed by atoms with Crippen LogP contribution in [0.4, 0.5) is 14.9 Å². The molecule has 6 heteroatoms. The van der Waals surface area contributed by atoms with Gasteiger partial charge in [-0.05, 0) is 32.9 Å². The minimum Gasteiger partial charge on any atom is -0.443 e. The Bertz CT molecular complexity index is 443. The number of para-hydroxylation sites is 1. The summed E-state index contributed by atoms with van der Waals surface area (Å²) in [5.41, 5.74) is 1.39. The van der Waals surface area contributed by atoms with Crippen molar-refractivity contribution in [1.29, 1.82) is 0 Å². The molecular formula is C12H15FN2O3. The number of rotatable bonds is 3. The first-order valence-corrected chi connectivity index (χ1v) is 5.32. The maximum absolute atomic E-state index is 13.4. The van der Waals surface area contributed by atoms with Gasteiger partial charge in [-0.25, -0.2) is 19.6 Å². The lowest BCUT2D eigenvalue weighted by atomic mass is 10.2. The lowest BCUT2D eigenvalue weighted by Gasteiger charge is -2.23. The molecule has 0 saturated heterocycles. The molecule has 5 nitrogen and oxygen atoms in total. The van der Waals surface area contributed by atoms with Gasteiger partial charge in [-0.1, -0.05) is 12.1 Å². The van der Waals surface area contributed by atoms with Gasteiger partial charge in [0.25, 0.3) is 0 Å². The number of nitrogens with zero attached hydrogens (tertiary/aromatic N) is 1. The summed E-state index contributed by atoms with van der Waals surface area (Å²) in [6, 6.07) is 5.57. The van der Waals surface area contributed by atoms with Gasteiger partial charge in [0, 0.05) is 0 Å². The van der Waals surface area contributed by atoms with Crippen molar-refractivity contribution >= 4 is 18.2 Å². The van der Waals surface area contributed by atoms with Crippen molar-refractivity contribution in [2.45, 2.75) is 26.4 Å². The van der Waals surface area contributed by atoms with E-state index in [4.69, 9.17) is 4.74 Å². The molecule has 18 heavy (non-hydrogen) atoms. The van der Waals surface area contributed by atoms with E-state index >= 15 is 0 Å². The largest absolute Gasteiger partial charge is 0.443 e. The molecule has 0 atom stereocenters. The molecule has 0 spiro atoms. The van der Waals surface area contributed by atoms with Crippen molar-refractivity contribution in [3.05, 3.63) is 30.1 Å². The second kappa shape index (κ2) is 5.48. The number of anilines is 1. The van der Waals surface area contributed by atoms with Crippen LogP contribution in [0.15, 0.2) is 24.3 Å². The van der Waals surface area contributed by atoms with E-state index in [1.165, 1.54) is 18.2 Å². The van der Waals surface area contributed by atoms with Crippen molar-refractivity contribution in [3.63, 3.8) is 0 Å². The van der Waals surface area contributed by atoms with Gasteiger partial charge >= 0.3 is 6.09 Å². The highest BCUT2D eigenvalue weighted by Gasteiger charge is 2.19. The normalized spacial score (nSPS) is 10.7. The molecule has 0 radical (unpaired) electrons. The maximum atomic E-state index is 13.4. The molecule has 0 bridgehead atoms. The molecule has 0 aliphatic carbocycles. The summed E-state index contributed by atoms with van der Waals surface area (Å²) in [5.74, 6) is -0.624. The second-order valence-electron chi connectivity index (χ2n) is 4.54. The van der Waals surface area contributed by atoms with Crippen LogP contribution in [0.2, 0.25) is 0 Å². The number of hydrazine groups is 1. The number of halogens is 1. The fraction of sp³-hybridized carbons (Fsp3) is 0.333. The third-order valence-corrected chi connectivity index (χ3v) is 1.83. The summed E-state index contributed by atoms with van der Waals surface area (Å²) >= 11 is 0. The van der Waals surface area contributed by atoms with Gasteiger partial charge in [-0.15, -0.1) is 0 Å². The third-order valence-electron chi connectivity index (χ3n) is 1.83. The molecule has 0 aliphatic heterocycles. The molecule has 0 heterocycles. The van der Waals surface area contributed by atoms with Crippen molar-refractivity contribution in [3.8, 4) is 0 Å². The molecule has 0 aromatic heterocycles. The predicted octanol–water partition coefficient (Wildman–Crippen LogP) is 2.23. The number of ether oxygens (including phenoxy) is 1. The number of hydrogen-bond acceptors (Lipinski definition) is 3. The summed E-state index contributed by atoms with van der Waals surface area (Å²) in [7, 11) is 0. The lowest BCUT2D eigenvalue weighted by molar-refractivity contribution is -0.108. The molecule has 1 aromatic rings. The number of carbonyl (C=O) groups excluding carboxylic acids is 2. The molecular weight excluding hydrogens is 239 g/mol. The van der Waals surface area contributed by atoms with Crippen LogP contribution in [0, 0.1) is 5.82 Å². The van der Waals surface area contributed by atoms with Gasteiger partial charge < -0.3 is 4.74 Å². The van der Waals surface area contributed by atoms with E-state index in [2.05, 4.69) is 5.43 Å². The molecule has 1 rings (SSSR count). The minimum atomic E-state index is -0.835. The zero-order chi connectivity index (χ0) is 13.8. The summed E-state index contributed by atoms with van der Waals surface area (Å²) in [5, 5.41) is 0.726. The van der Waals surface area contributed by atoms with Crippen LogP contribution in [0.5, 0.6) is 0 Å². The number of benzene rings is 1. The van der Waals surface area contributed by atoms with E-state index in [1.54, 1.807) is 26.8 Å². The third kappa shape index (κ3) is 4.04. The van der Waals surface area contributed by atoms with E-state index < -0.39 is 17.5 Å². The average molecular weight is 254 g/mol. The Balaban J connectivity index is 2.78. The van der Waals surface area contributed by atoms with Crippen LogP contribution >= 0.6 is 0 Å². The van der Waals surface area contributed by atoms with E-state index in [0.29, 0.717) is 6.41 Å². The zero-order valence-corrected chi connectivity index (χ0v) is 10.4. The van der Waals surface area contributed by atoms with Crippen molar-refractivity contribution in [2.24, 2.45) is 0 Å². The Hall–Kier alpha value is -2.11. The molecule has 0 unspecified atom stereocenters. The Kier molecular flexibility index (Phi) is 4.25. The van der Waals surface area contributed by atoms with Gasteiger partial charge in [0.2, 0.25) is 6.41 Å². The number of carbonyl (C=O) groups is 2. The van der Waals surface area contributed by atoms with Gasteiger partial charge in [0.15, 0.2) is 0 Å². The van der Waals surface area contributed by atoms with Gasteiger partial charge in [0.1, 0.15) is 17.1 Å². The fourth-order valence-corrected chi connectivity index (χ4v) is 1.19. The Morgan fingerprint density at radius 2 is 2.00 bits per heavy atom. The van der Waals surface area contributed by atoms with Crippen LogP contribution in [0.25, 0.3) is 0 Å². The fourth-order valence-electron chi connectivity index (χ4n) is 1.19. The predicted molar refractivity (Wildman–Crippen MR) is 64.3 cm³/mol. The highest BCUT2D eigenvalue weighted by atomic mass is 19.1. The summed E-state index contributed by atoms with van der Waals surface area (Å²) in [4.78, 5) is 22.3. The number of amides is 2. The molecule has 2 amide bonds. The average Bonchev–Trinajstić information content (AvgIpc) is 2.24. The zero-order valence-electron chi connectivity index (χ0n) is 10.4. The Morgan fingerprint density at radius 1 is 1.39 bits per heavy atom. The van der Waals surface area contributed by atoms with Crippen LogP contribution in [-0.2, 0) is 9.53 Å². The van der Waals surface area contributed by atoms with Crippen molar-refractivity contribution in [2.75, 3.05) is 5.01 Å². The molecule has 1 aromatic carbocycles. The first-order valence-electron chi connectivity index (χ1n) is 5.32. The van der Waals surface area contributed by atoms with E-state index in [9.17, 15) is 14.0 Å². The lowest BCUT2D eigenvalue weighted by Crippen LogP contribution is -2.44. The van der Waals surface area contributed by atoms with E-state index in [1.807, 2.05) is 0 Å². The standard InChI is InChI=1S/C12H15FN2O3/c1-12(2,3)18-11(17)14-15(8-16)10-7-5-4-6-9(10)13/h4-8H,1-3H3,(H,14,17). The van der Waals surface area contributed by atoms with Crippen LogP contribution in [-0.4, -0.2) is 18.1 Å². The molecule has 1 N–H and O–H groups in total. The van der Waals surface area contributed by atoms with Crippen molar-refractivity contribution < 1.29 is 18.7 Å². The van der Waals surface area contributed by atoms with Gasteiger partial charge in [-0.3, -0.25) is 4.79 Å². The van der Waals surface area contributed by atoms with E-state index in [-0.39, 0.29) is 5.69 Å². The summed E-state index contributed by atoms with van der Waals surface area (Å²) in [6.45, 7) is 5.04. The maximum Gasteiger partial charge on any atom is 0.427 e. The molecule has 0 aliphatic rings. The molecule has 0 fully saturated rings. The second-order valence-corrected chi connectivity index (χ2v) is 4.54. The quantitative estimate of drug-likeness (QED) is 0.664. The Labute approximate surface area is 105 Å². The summed E-state index contributed by atoms with van der Waals surface area (Å²) < 4.78 is 18.4. The monoisotopic (exact) mass is 254 g/mol. The number of hydrogen-bond donors (Lipinski definition) is 1.